The molecule has 240 valence electrons. The van der Waals surface area contributed by atoms with E-state index < -0.39 is 0 Å². The third-order valence-electron chi connectivity index (χ3n) is 9.10. The van der Waals surface area contributed by atoms with Gasteiger partial charge in [0.25, 0.3) is 5.91 Å². The third-order valence-corrected chi connectivity index (χ3v) is 9.50. The number of β-amino-alcohol motifs (C(OH)–C–C–N with tert-alkyl or cyclic N) is 1. The van der Waals surface area contributed by atoms with Crippen molar-refractivity contribution in [3.63, 3.8) is 0 Å². The van der Waals surface area contributed by atoms with Crippen LogP contribution in [0, 0.1) is 6.92 Å². The fourth-order valence-electron chi connectivity index (χ4n) is 6.56. The van der Waals surface area contributed by atoms with Gasteiger partial charge in [-0.1, -0.05) is 41.9 Å². The Kier molecular flexibility index (Phi) is 9.13. The summed E-state index contributed by atoms with van der Waals surface area (Å²) >= 11 is 6.94. The van der Waals surface area contributed by atoms with Crippen LogP contribution in [0.3, 0.4) is 0 Å². The predicted molar refractivity (Wildman–Crippen MR) is 187 cm³/mol. The molecule has 9 nitrogen and oxygen atoms in total. The summed E-state index contributed by atoms with van der Waals surface area (Å²) in [4.78, 5) is 31.6. The molecule has 0 radical (unpaired) electrons. The molecule has 3 N–H and O–H groups in total. The van der Waals surface area contributed by atoms with Gasteiger partial charge in [-0.15, -0.1) is 0 Å². The zero-order valence-corrected chi connectivity index (χ0v) is 27.2. The average Bonchev–Trinajstić information content (AvgIpc) is 3.75. The Labute approximate surface area is 279 Å². The first-order valence-corrected chi connectivity index (χ1v) is 16.6. The monoisotopic (exact) mass is 647 g/mol. The van der Waals surface area contributed by atoms with Gasteiger partial charge in [-0.25, -0.2) is 4.98 Å². The number of anilines is 3. The molecule has 5 heterocycles. The zero-order chi connectivity index (χ0) is 32.3. The second-order valence-corrected chi connectivity index (χ2v) is 12.9. The summed E-state index contributed by atoms with van der Waals surface area (Å²) in [5.41, 5.74) is 7.46. The molecule has 2 aromatic carbocycles. The number of likely N-dealkylation sites (tertiary alicyclic amines) is 2. The predicted octanol–water partition coefficient (Wildman–Crippen LogP) is 6.81. The first-order chi connectivity index (χ1) is 22.9. The van der Waals surface area contributed by atoms with Crippen molar-refractivity contribution in [3.05, 3.63) is 107 Å². The molecule has 7 rings (SSSR count). The highest BCUT2D eigenvalue weighted by Gasteiger charge is 2.21. The number of aliphatic hydroxyl groups is 1. The Morgan fingerprint density at radius 3 is 2.43 bits per heavy atom. The van der Waals surface area contributed by atoms with Crippen LogP contribution in [-0.4, -0.2) is 68.0 Å². The molecule has 10 heteroatoms. The summed E-state index contributed by atoms with van der Waals surface area (Å²) < 4.78 is 0. The highest BCUT2D eigenvalue weighted by Crippen LogP contribution is 2.38. The van der Waals surface area contributed by atoms with E-state index in [-0.39, 0.29) is 12.0 Å². The number of fused-ring (bicyclic) bond motifs is 1. The highest BCUT2D eigenvalue weighted by molar-refractivity contribution is 6.36. The van der Waals surface area contributed by atoms with Gasteiger partial charge in [0.2, 0.25) is 0 Å². The molecule has 2 fully saturated rings. The van der Waals surface area contributed by atoms with Crippen LogP contribution in [-0.2, 0) is 13.1 Å². The molecule has 0 bridgehead atoms. The van der Waals surface area contributed by atoms with Crippen molar-refractivity contribution >= 4 is 45.6 Å². The molecule has 2 aliphatic rings. The van der Waals surface area contributed by atoms with E-state index >= 15 is 0 Å². The lowest BCUT2D eigenvalue weighted by Crippen LogP contribution is -2.21. The van der Waals surface area contributed by atoms with Gasteiger partial charge in [0.15, 0.2) is 5.82 Å². The molecule has 0 aliphatic carbocycles. The van der Waals surface area contributed by atoms with Crippen LogP contribution in [0.4, 0.5) is 17.2 Å². The summed E-state index contributed by atoms with van der Waals surface area (Å²) in [6.45, 7) is 7.46. The van der Waals surface area contributed by atoms with Crippen molar-refractivity contribution in [1.82, 2.24) is 24.8 Å². The lowest BCUT2D eigenvalue weighted by atomic mass is 9.98. The molecule has 2 saturated heterocycles. The number of pyridine rings is 3. The van der Waals surface area contributed by atoms with E-state index in [1.807, 2.05) is 61.8 Å². The molecule has 0 unspecified atom stereocenters. The number of aromatic nitrogens is 3. The van der Waals surface area contributed by atoms with E-state index in [0.29, 0.717) is 35.3 Å². The summed E-state index contributed by atoms with van der Waals surface area (Å²) in [6.07, 6.45) is 8.53. The Hall–Kier alpha value is -4.41. The van der Waals surface area contributed by atoms with Crippen LogP contribution in [0.1, 0.15) is 46.4 Å². The number of nitrogens with zero attached hydrogens (tertiary/aromatic N) is 5. The molecule has 5 aromatic rings. The van der Waals surface area contributed by atoms with Crippen LogP contribution in [0.2, 0.25) is 5.02 Å². The van der Waals surface area contributed by atoms with E-state index in [0.717, 1.165) is 71.4 Å². The second kappa shape index (κ2) is 13.8. The number of aliphatic hydroxyl groups excluding tert-OH is 1. The average molecular weight is 648 g/mol. The molecule has 47 heavy (non-hydrogen) atoms. The SMILES string of the molecule is Cc1c(Nc2nccc3cc(CN4CCCC4)cnc23)cccc1-c1cccc(NC(=O)c2ccc(CN3CC[C@@H](O)C3)cn2)c1Cl. The Morgan fingerprint density at radius 2 is 1.66 bits per heavy atom. The molecule has 0 spiro atoms. The van der Waals surface area contributed by atoms with Gasteiger partial charge < -0.3 is 15.7 Å². The van der Waals surface area contributed by atoms with E-state index in [1.54, 1.807) is 18.3 Å². The van der Waals surface area contributed by atoms with Crippen LogP contribution in [0.25, 0.3) is 22.0 Å². The van der Waals surface area contributed by atoms with Gasteiger partial charge in [-0.05, 0) is 91.9 Å². The number of rotatable bonds is 9. The van der Waals surface area contributed by atoms with Gasteiger partial charge in [-0.2, -0.15) is 0 Å². The number of carbonyl (C=O) groups is 1. The standard InChI is InChI=1S/C37H38ClN7O2/c1-24-29(6-4-8-31(24)42-36-35-27(12-14-39-36)18-26(20-41-35)22-44-15-2-3-16-44)30-7-5-9-32(34(30)38)43-37(47)33-11-10-25(19-40-33)21-45-17-13-28(46)23-45/h4-12,14,18-20,28,46H,2-3,13,15-17,21-23H2,1H3,(H,39,42)(H,43,47)/t28-/m1/s1. The normalized spacial score (nSPS) is 17.0. The smallest absolute Gasteiger partial charge is 0.274 e. The van der Waals surface area contributed by atoms with Gasteiger partial charge in [-0.3, -0.25) is 24.6 Å². The highest BCUT2D eigenvalue weighted by atomic mass is 35.5. The van der Waals surface area contributed by atoms with Crippen molar-refractivity contribution < 1.29 is 9.90 Å². The molecular formula is C37H38ClN7O2. The summed E-state index contributed by atoms with van der Waals surface area (Å²) in [7, 11) is 0. The molecule has 2 aliphatic heterocycles. The zero-order valence-electron chi connectivity index (χ0n) is 26.4. The van der Waals surface area contributed by atoms with E-state index in [4.69, 9.17) is 16.6 Å². The van der Waals surface area contributed by atoms with Crippen molar-refractivity contribution in [2.75, 3.05) is 36.8 Å². The molecule has 1 atom stereocenters. The molecular weight excluding hydrogens is 610 g/mol. The summed E-state index contributed by atoms with van der Waals surface area (Å²) in [5.74, 6) is 0.358. The van der Waals surface area contributed by atoms with Crippen LogP contribution < -0.4 is 10.6 Å². The lowest BCUT2D eigenvalue weighted by Gasteiger charge is -2.17. The second-order valence-electron chi connectivity index (χ2n) is 12.5. The van der Waals surface area contributed by atoms with Crippen molar-refractivity contribution in [1.29, 1.82) is 0 Å². The first-order valence-electron chi connectivity index (χ1n) is 16.2. The molecule has 0 saturated carbocycles. The van der Waals surface area contributed by atoms with Crippen LogP contribution in [0.15, 0.2) is 79.3 Å². The fraction of sp³-hybridized carbons (Fsp3) is 0.297. The van der Waals surface area contributed by atoms with Gasteiger partial charge >= 0.3 is 0 Å². The first kappa shape index (κ1) is 31.2. The van der Waals surface area contributed by atoms with E-state index in [1.165, 1.54) is 18.4 Å². The molecule has 3 aromatic heterocycles. The number of carbonyl (C=O) groups excluding carboxylic acids is 1. The number of amides is 1. The van der Waals surface area contributed by atoms with Gasteiger partial charge in [0, 0.05) is 61.4 Å². The Morgan fingerprint density at radius 1 is 0.894 bits per heavy atom. The third kappa shape index (κ3) is 6.99. The minimum Gasteiger partial charge on any atom is -0.392 e. The number of hydrogen-bond donors (Lipinski definition) is 3. The topological polar surface area (TPSA) is 107 Å². The van der Waals surface area contributed by atoms with Gasteiger partial charge in [0.1, 0.15) is 11.2 Å². The lowest BCUT2D eigenvalue weighted by molar-refractivity contribution is 0.102. The Balaban J connectivity index is 1.08. The number of halogens is 1. The van der Waals surface area contributed by atoms with Crippen molar-refractivity contribution in [3.8, 4) is 11.1 Å². The fourth-order valence-corrected chi connectivity index (χ4v) is 6.84. The minimum atomic E-state index is -0.336. The quantitative estimate of drug-likeness (QED) is 0.160. The van der Waals surface area contributed by atoms with Gasteiger partial charge in [0.05, 0.1) is 16.8 Å². The van der Waals surface area contributed by atoms with Crippen LogP contribution in [0.5, 0.6) is 0 Å². The maximum absolute atomic E-state index is 13.2. The Bertz CT molecular complexity index is 1910. The number of nitrogens with one attached hydrogen (secondary N) is 2. The summed E-state index contributed by atoms with van der Waals surface area (Å²) in [5, 5.41) is 17.7. The number of hydrogen-bond acceptors (Lipinski definition) is 8. The van der Waals surface area contributed by atoms with Crippen molar-refractivity contribution in [2.24, 2.45) is 0 Å². The summed E-state index contributed by atoms with van der Waals surface area (Å²) in [6, 6.07) is 19.5. The van der Waals surface area contributed by atoms with E-state index in [2.05, 4.69) is 36.5 Å². The maximum atomic E-state index is 13.2. The largest absolute Gasteiger partial charge is 0.392 e. The van der Waals surface area contributed by atoms with E-state index in [9.17, 15) is 9.90 Å². The molecule has 1 amide bonds. The van der Waals surface area contributed by atoms with Crippen LogP contribution >= 0.6 is 11.6 Å². The maximum Gasteiger partial charge on any atom is 0.274 e. The van der Waals surface area contributed by atoms with Crippen molar-refractivity contribution in [2.45, 2.75) is 45.4 Å². The number of benzene rings is 2. The minimum absolute atomic E-state index is 0.271.